The van der Waals surface area contributed by atoms with Gasteiger partial charge in [-0.3, -0.25) is 4.79 Å². The molecule has 1 fully saturated rings. The van der Waals surface area contributed by atoms with Gasteiger partial charge in [0.25, 0.3) is 0 Å². The Labute approximate surface area is 136 Å². The number of piperidine rings is 1. The smallest absolute Gasteiger partial charge is 0.172 e. The quantitative estimate of drug-likeness (QED) is 0.794. The Morgan fingerprint density at radius 3 is 2.70 bits per heavy atom. The maximum Gasteiger partial charge on any atom is 0.172 e. The fraction of sp³-hybridized carbons (Fsp3) is 0.529. The second kappa shape index (κ2) is 6.89. The van der Waals surface area contributed by atoms with Crippen molar-refractivity contribution in [3.63, 3.8) is 0 Å². The van der Waals surface area contributed by atoms with Crippen LogP contribution in [0.2, 0.25) is 0 Å². The Morgan fingerprint density at radius 2 is 2.09 bits per heavy atom. The molecule has 0 radical (unpaired) electrons. The first kappa shape index (κ1) is 15.6. The van der Waals surface area contributed by atoms with Crippen LogP contribution in [0, 0.1) is 5.92 Å². The van der Waals surface area contributed by atoms with Crippen LogP contribution in [0.25, 0.3) is 5.69 Å². The van der Waals surface area contributed by atoms with E-state index in [0.29, 0.717) is 5.69 Å². The number of pyridine rings is 1. The maximum atomic E-state index is 11.1. The molecule has 2 aromatic rings. The zero-order valence-corrected chi connectivity index (χ0v) is 13.8. The van der Waals surface area contributed by atoms with Crippen molar-refractivity contribution in [3.8, 4) is 5.69 Å². The monoisotopic (exact) mass is 313 g/mol. The van der Waals surface area contributed by atoms with Crippen molar-refractivity contribution >= 4 is 12.1 Å². The van der Waals surface area contributed by atoms with E-state index in [1.807, 2.05) is 18.3 Å². The fourth-order valence-electron chi connectivity index (χ4n) is 3.01. The lowest BCUT2D eigenvalue weighted by atomic mass is 9.99. The third-order valence-corrected chi connectivity index (χ3v) is 4.48. The number of nitrogens with zero attached hydrogens (tertiary/aromatic N) is 5. The minimum absolute atomic E-state index is 0.418. The van der Waals surface area contributed by atoms with Gasteiger partial charge in [0.1, 0.15) is 11.5 Å². The number of hydrogen-bond donors (Lipinski definition) is 0. The van der Waals surface area contributed by atoms with Crippen molar-refractivity contribution in [3.05, 3.63) is 29.7 Å². The number of hydrogen-bond acceptors (Lipinski definition) is 5. The highest BCUT2D eigenvalue weighted by Crippen LogP contribution is 2.22. The summed E-state index contributed by atoms with van der Waals surface area (Å²) in [5.74, 6) is 1.81. The Hall–Kier alpha value is -2.24. The number of carbonyl (C=O) groups is 1. The van der Waals surface area contributed by atoms with Crippen LogP contribution in [0.15, 0.2) is 18.3 Å². The number of aldehydes is 1. The van der Waals surface area contributed by atoms with Crippen LogP contribution in [-0.4, -0.2) is 39.4 Å². The van der Waals surface area contributed by atoms with E-state index in [-0.39, 0.29) is 0 Å². The Bertz CT molecular complexity index is 656. The van der Waals surface area contributed by atoms with E-state index in [0.717, 1.165) is 55.3 Å². The number of rotatable bonds is 5. The normalized spacial score (nSPS) is 15.8. The second-order valence-electron chi connectivity index (χ2n) is 6.25. The molecule has 2 aromatic heterocycles. The molecule has 1 aliphatic rings. The van der Waals surface area contributed by atoms with Crippen molar-refractivity contribution in [2.75, 3.05) is 18.0 Å². The molecule has 0 atom stereocenters. The van der Waals surface area contributed by atoms with Crippen molar-refractivity contribution in [1.82, 2.24) is 20.0 Å². The summed E-state index contributed by atoms with van der Waals surface area (Å²) in [6.45, 7) is 6.50. The fourth-order valence-corrected chi connectivity index (χ4v) is 3.01. The lowest BCUT2D eigenvalue weighted by molar-refractivity contribution is 0.111. The van der Waals surface area contributed by atoms with Crippen LogP contribution in [0.4, 0.5) is 5.82 Å². The summed E-state index contributed by atoms with van der Waals surface area (Å²) in [4.78, 5) is 18.0. The molecule has 6 nitrogen and oxygen atoms in total. The van der Waals surface area contributed by atoms with Gasteiger partial charge in [-0.2, -0.15) is 0 Å². The predicted molar refractivity (Wildman–Crippen MR) is 89.1 cm³/mol. The van der Waals surface area contributed by atoms with Crippen molar-refractivity contribution in [2.24, 2.45) is 5.92 Å². The van der Waals surface area contributed by atoms with E-state index < -0.39 is 0 Å². The largest absolute Gasteiger partial charge is 0.357 e. The van der Waals surface area contributed by atoms with Gasteiger partial charge in [0.2, 0.25) is 0 Å². The summed E-state index contributed by atoms with van der Waals surface area (Å²) in [5.41, 5.74) is 2.12. The first-order valence-corrected chi connectivity index (χ1v) is 8.34. The highest BCUT2D eigenvalue weighted by atomic mass is 16.1. The van der Waals surface area contributed by atoms with Crippen LogP contribution in [0.5, 0.6) is 0 Å². The standard InChI is InChI=1S/C17H23N5O/c1-3-4-16-15(12-23)19-20-22(16)14-5-6-17(18-11-14)21-9-7-13(2)8-10-21/h5-6,11-13H,3-4,7-10H2,1-2H3. The minimum atomic E-state index is 0.418. The van der Waals surface area contributed by atoms with E-state index in [9.17, 15) is 4.79 Å². The average molecular weight is 313 g/mol. The van der Waals surface area contributed by atoms with Gasteiger partial charge in [0.05, 0.1) is 17.6 Å². The lowest BCUT2D eigenvalue weighted by Gasteiger charge is -2.31. The van der Waals surface area contributed by atoms with Crippen LogP contribution < -0.4 is 4.90 Å². The third-order valence-electron chi connectivity index (χ3n) is 4.48. The molecule has 0 saturated carbocycles. The van der Waals surface area contributed by atoms with E-state index >= 15 is 0 Å². The Kier molecular flexibility index (Phi) is 4.69. The molecule has 3 rings (SSSR count). The zero-order valence-electron chi connectivity index (χ0n) is 13.8. The zero-order chi connectivity index (χ0) is 16.2. The second-order valence-corrected chi connectivity index (χ2v) is 6.25. The van der Waals surface area contributed by atoms with Crippen LogP contribution in [-0.2, 0) is 6.42 Å². The molecule has 0 unspecified atom stereocenters. The molecular formula is C17H23N5O. The van der Waals surface area contributed by atoms with Crippen molar-refractivity contribution in [2.45, 2.75) is 39.5 Å². The Morgan fingerprint density at radius 1 is 1.30 bits per heavy atom. The summed E-state index contributed by atoms with van der Waals surface area (Å²) in [6.07, 6.45) is 6.73. The van der Waals surface area contributed by atoms with Gasteiger partial charge in [-0.15, -0.1) is 5.10 Å². The van der Waals surface area contributed by atoms with Gasteiger partial charge in [-0.25, -0.2) is 9.67 Å². The molecule has 6 heteroatoms. The number of anilines is 1. The van der Waals surface area contributed by atoms with E-state index in [4.69, 9.17) is 0 Å². The Balaban J connectivity index is 1.82. The van der Waals surface area contributed by atoms with E-state index in [1.165, 1.54) is 12.8 Å². The highest BCUT2D eigenvalue weighted by molar-refractivity contribution is 5.73. The molecular weight excluding hydrogens is 290 g/mol. The molecule has 1 aliphatic heterocycles. The maximum absolute atomic E-state index is 11.1. The van der Waals surface area contributed by atoms with Gasteiger partial charge in [0, 0.05) is 13.1 Å². The van der Waals surface area contributed by atoms with Gasteiger partial charge in [-0.05, 0) is 37.3 Å². The molecule has 0 N–H and O–H groups in total. The van der Waals surface area contributed by atoms with Crippen molar-refractivity contribution < 1.29 is 4.79 Å². The molecule has 0 aliphatic carbocycles. The van der Waals surface area contributed by atoms with E-state index in [2.05, 4.69) is 34.0 Å². The first-order chi connectivity index (χ1) is 11.2. The van der Waals surface area contributed by atoms with Crippen LogP contribution in [0.3, 0.4) is 0 Å². The van der Waals surface area contributed by atoms with Gasteiger partial charge < -0.3 is 4.90 Å². The molecule has 0 aromatic carbocycles. The van der Waals surface area contributed by atoms with E-state index in [1.54, 1.807) is 4.68 Å². The summed E-state index contributed by atoms with van der Waals surface area (Å²) >= 11 is 0. The molecule has 23 heavy (non-hydrogen) atoms. The molecule has 122 valence electrons. The predicted octanol–water partition coefficient (Wildman–Crippen LogP) is 2.66. The topological polar surface area (TPSA) is 63.9 Å². The molecule has 3 heterocycles. The minimum Gasteiger partial charge on any atom is -0.357 e. The summed E-state index contributed by atoms with van der Waals surface area (Å²) in [7, 11) is 0. The first-order valence-electron chi connectivity index (χ1n) is 8.34. The summed E-state index contributed by atoms with van der Waals surface area (Å²) in [6, 6.07) is 4.03. The molecule has 0 amide bonds. The average Bonchev–Trinajstić information content (AvgIpc) is 2.99. The van der Waals surface area contributed by atoms with Crippen LogP contribution >= 0.6 is 0 Å². The third kappa shape index (κ3) is 3.25. The lowest BCUT2D eigenvalue weighted by Crippen LogP contribution is -2.33. The van der Waals surface area contributed by atoms with Crippen molar-refractivity contribution in [1.29, 1.82) is 0 Å². The number of aromatic nitrogens is 4. The SMILES string of the molecule is CCCc1c(C=O)nnn1-c1ccc(N2CCC(C)CC2)nc1. The van der Waals surface area contributed by atoms with Gasteiger partial charge >= 0.3 is 0 Å². The number of carbonyl (C=O) groups excluding carboxylic acids is 1. The summed E-state index contributed by atoms with van der Waals surface area (Å²) in [5, 5.41) is 8.07. The molecule has 0 bridgehead atoms. The summed E-state index contributed by atoms with van der Waals surface area (Å²) < 4.78 is 1.72. The van der Waals surface area contributed by atoms with Crippen LogP contribution in [0.1, 0.15) is 49.3 Å². The molecule has 1 saturated heterocycles. The molecule has 0 spiro atoms. The van der Waals surface area contributed by atoms with Gasteiger partial charge in [0.15, 0.2) is 6.29 Å². The highest BCUT2D eigenvalue weighted by Gasteiger charge is 2.18. The van der Waals surface area contributed by atoms with Gasteiger partial charge in [-0.1, -0.05) is 25.5 Å².